The molecule has 2 aromatic rings. The molecule has 1 N–H and O–H groups in total. The number of carbonyl (C=O) groups excluding carboxylic acids is 1. The molecule has 2 aliphatic heterocycles. The Morgan fingerprint density at radius 1 is 1.37 bits per heavy atom. The van der Waals surface area contributed by atoms with Gasteiger partial charge < -0.3 is 23.9 Å². The molecule has 0 spiro atoms. The highest BCUT2D eigenvalue weighted by atomic mass is 16.6. The molecule has 2 aromatic heterocycles. The maximum Gasteiger partial charge on any atom is 0.347 e. The van der Waals surface area contributed by atoms with Crippen molar-refractivity contribution in [3.8, 4) is 5.75 Å². The van der Waals surface area contributed by atoms with Gasteiger partial charge in [-0.15, -0.1) is 0 Å². The number of piperidine rings is 1. The lowest BCUT2D eigenvalue weighted by Crippen LogP contribution is -2.33. The first-order valence-corrected chi connectivity index (χ1v) is 10.1. The zero-order valence-electron chi connectivity index (χ0n) is 17.1. The number of aromatic hydroxyl groups is 1. The second kappa shape index (κ2) is 8.71. The summed E-state index contributed by atoms with van der Waals surface area (Å²) in [5, 5.41) is 10.9. The lowest BCUT2D eigenvalue weighted by Gasteiger charge is -2.30. The number of hydrogen-bond donors (Lipinski definition) is 1. The number of furan rings is 1. The number of rotatable bonds is 6. The van der Waals surface area contributed by atoms with Crippen molar-refractivity contribution in [3.63, 3.8) is 0 Å². The molecule has 2 aliphatic rings. The number of allylic oxidation sites excluding steroid dienone is 1. The summed E-state index contributed by atoms with van der Waals surface area (Å²) in [5.74, 6) is 0.898. The summed E-state index contributed by atoms with van der Waals surface area (Å²) in [6.45, 7) is 4.07. The van der Waals surface area contributed by atoms with Crippen LogP contribution in [0.3, 0.4) is 0 Å². The van der Waals surface area contributed by atoms with E-state index in [-0.39, 0.29) is 30.3 Å². The number of fused-ring (bicyclic) bond motifs is 1. The summed E-state index contributed by atoms with van der Waals surface area (Å²) in [6, 6.07) is 3.72. The van der Waals surface area contributed by atoms with Crippen molar-refractivity contribution >= 4 is 35.5 Å². The van der Waals surface area contributed by atoms with Crippen molar-refractivity contribution in [1.29, 1.82) is 0 Å². The van der Waals surface area contributed by atoms with Gasteiger partial charge in [0.05, 0.1) is 6.61 Å². The number of ether oxygens (including phenoxy) is 2. The molecule has 4 rings (SSSR count). The van der Waals surface area contributed by atoms with Crippen molar-refractivity contribution in [1.82, 2.24) is 4.98 Å². The molecular formula is C22H25N3O5. The number of aromatic nitrogens is 1. The fourth-order valence-electron chi connectivity index (χ4n) is 3.62. The Morgan fingerprint density at radius 2 is 2.17 bits per heavy atom. The Hall–Kier alpha value is -3.13. The molecule has 4 heterocycles. The average Bonchev–Trinajstić information content (AvgIpc) is 3.30. The first-order valence-electron chi connectivity index (χ1n) is 10.1. The predicted molar refractivity (Wildman–Crippen MR) is 113 cm³/mol. The molecule has 1 saturated heterocycles. The summed E-state index contributed by atoms with van der Waals surface area (Å²) in [7, 11) is 1.53. The molecule has 30 heavy (non-hydrogen) atoms. The second-order valence-corrected chi connectivity index (χ2v) is 7.53. The van der Waals surface area contributed by atoms with Gasteiger partial charge in [0.25, 0.3) is 0 Å². The third-order valence-electron chi connectivity index (χ3n) is 5.40. The third-order valence-corrected chi connectivity index (χ3v) is 5.40. The Morgan fingerprint density at radius 3 is 2.93 bits per heavy atom. The van der Waals surface area contributed by atoms with Gasteiger partial charge in [-0.05, 0) is 37.0 Å². The molecule has 0 unspecified atom stereocenters. The van der Waals surface area contributed by atoms with Crippen LogP contribution in [0.15, 0.2) is 27.7 Å². The fraction of sp³-hybridized carbons (Fsp3) is 0.409. The van der Waals surface area contributed by atoms with Crippen molar-refractivity contribution in [3.05, 3.63) is 35.2 Å². The first-order chi connectivity index (χ1) is 14.6. The van der Waals surface area contributed by atoms with Crippen LogP contribution in [0.5, 0.6) is 5.75 Å². The Kier molecular flexibility index (Phi) is 5.85. The van der Waals surface area contributed by atoms with Gasteiger partial charge in [-0.1, -0.05) is 6.92 Å². The van der Waals surface area contributed by atoms with Crippen LogP contribution in [0.2, 0.25) is 0 Å². The highest BCUT2D eigenvalue weighted by Gasteiger charge is 2.31. The molecule has 0 radical (unpaired) electrons. The Bertz CT molecular complexity index is 987. The molecule has 8 nitrogen and oxygen atoms in total. The minimum atomic E-state index is -0.631. The number of nitrogens with zero attached hydrogens (tertiary/aromatic N) is 3. The summed E-state index contributed by atoms with van der Waals surface area (Å²) >= 11 is 0. The van der Waals surface area contributed by atoms with E-state index in [1.807, 2.05) is 17.0 Å². The van der Waals surface area contributed by atoms with Crippen LogP contribution in [-0.2, 0) is 9.47 Å². The van der Waals surface area contributed by atoms with E-state index in [0.717, 1.165) is 37.1 Å². The monoisotopic (exact) mass is 411 g/mol. The highest BCUT2D eigenvalue weighted by Crippen LogP contribution is 2.40. The number of pyridine rings is 1. The Balaban J connectivity index is 1.70. The summed E-state index contributed by atoms with van der Waals surface area (Å²) in [6.07, 6.45) is 6.99. The number of aliphatic imine (C=N–C) groups is 1. The lowest BCUT2D eigenvalue weighted by molar-refractivity contribution is 0.0385. The van der Waals surface area contributed by atoms with Gasteiger partial charge in [-0.25, -0.2) is 14.8 Å². The van der Waals surface area contributed by atoms with Crippen LogP contribution in [0.25, 0.3) is 11.6 Å². The van der Waals surface area contributed by atoms with Crippen LogP contribution in [0.4, 0.5) is 11.7 Å². The van der Waals surface area contributed by atoms with E-state index in [1.165, 1.54) is 7.11 Å². The van der Waals surface area contributed by atoms with Crippen molar-refractivity contribution in [2.75, 3.05) is 38.3 Å². The van der Waals surface area contributed by atoms with Gasteiger partial charge in [0.1, 0.15) is 6.61 Å². The van der Waals surface area contributed by atoms with Gasteiger partial charge in [0.15, 0.2) is 22.9 Å². The summed E-state index contributed by atoms with van der Waals surface area (Å²) < 4.78 is 16.2. The van der Waals surface area contributed by atoms with Crippen LogP contribution in [0, 0.1) is 5.92 Å². The smallest absolute Gasteiger partial charge is 0.347 e. The first kappa shape index (κ1) is 20.2. The molecule has 8 heteroatoms. The van der Waals surface area contributed by atoms with E-state index in [9.17, 15) is 9.90 Å². The molecule has 0 saturated carbocycles. The lowest BCUT2D eigenvalue weighted by atomic mass is 9.99. The standard InChI is InChI=1S/C22H25N3O5/c1-14-5-8-25(9-6-14)21-18(22(27)29-11-10-28-2)19(26)17(30-21)12-15-13-24-20-16(15)4-3-7-23-20/h3-4,7,12-14,26H,5-6,8-11H2,1-2H3. The number of esters is 1. The van der Waals surface area contributed by atoms with Gasteiger partial charge in [0, 0.05) is 43.7 Å². The normalized spacial score (nSPS) is 17.5. The SMILES string of the molecule is COCCOC(=O)c1c(N2CCC(C)CC2)oc(C=C2C=Nc3ncccc32)c1O. The fourth-order valence-corrected chi connectivity index (χ4v) is 3.62. The van der Waals surface area contributed by atoms with Crippen LogP contribution in [0.1, 0.15) is 41.4 Å². The number of anilines is 1. The Labute approximate surface area is 174 Å². The summed E-state index contributed by atoms with van der Waals surface area (Å²) in [5.41, 5.74) is 1.64. The molecule has 0 aliphatic carbocycles. The van der Waals surface area contributed by atoms with Crippen molar-refractivity contribution < 1.29 is 23.8 Å². The molecular weight excluding hydrogens is 386 g/mol. The number of methoxy groups -OCH3 is 1. The highest BCUT2D eigenvalue weighted by molar-refractivity contribution is 6.21. The van der Waals surface area contributed by atoms with E-state index in [2.05, 4.69) is 16.9 Å². The summed E-state index contributed by atoms with van der Waals surface area (Å²) in [4.78, 5) is 23.2. The zero-order chi connectivity index (χ0) is 21.1. The maximum atomic E-state index is 12.7. The average molecular weight is 411 g/mol. The van der Waals surface area contributed by atoms with Crippen molar-refractivity contribution in [2.45, 2.75) is 19.8 Å². The van der Waals surface area contributed by atoms with Gasteiger partial charge >= 0.3 is 5.97 Å². The van der Waals surface area contributed by atoms with E-state index in [0.29, 0.717) is 17.6 Å². The van der Waals surface area contributed by atoms with Gasteiger partial charge in [-0.2, -0.15) is 0 Å². The van der Waals surface area contributed by atoms with E-state index < -0.39 is 5.97 Å². The number of carbonyl (C=O) groups is 1. The second-order valence-electron chi connectivity index (χ2n) is 7.53. The molecule has 1 fully saturated rings. The minimum Gasteiger partial charge on any atom is -0.504 e. The van der Waals surface area contributed by atoms with Gasteiger partial charge in [-0.3, -0.25) is 0 Å². The van der Waals surface area contributed by atoms with E-state index >= 15 is 0 Å². The van der Waals surface area contributed by atoms with Crippen LogP contribution < -0.4 is 4.90 Å². The topological polar surface area (TPSA) is 97.4 Å². The third kappa shape index (κ3) is 3.95. The molecule has 0 atom stereocenters. The minimum absolute atomic E-state index is 0.0499. The van der Waals surface area contributed by atoms with Crippen molar-refractivity contribution in [2.24, 2.45) is 10.9 Å². The molecule has 158 valence electrons. The van der Waals surface area contributed by atoms with Crippen LogP contribution in [-0.4, -0.2) is 55.7 Å². The van der Waals surface area contributed by atoms with E-state index in [4.69, 9.17) is 13.9 Å². The quantitative estimate of drug-likeness (QED) is 0.572. The zero-order valence-corrected chi connectivity index (χ0v) is 17.1. The molecule has 0 amide bonds. The van der Waals surface area contributed by atoms with Gasteiger partial charge in [0.2, 0.25) is 5.88 Å². The molecule has 0 aromatic carbocycles. The predicted octanol–water partition coefficient (Wildman–Crippen LogP) is 3.68. The van der Waals surface area contributed by atoms with Crippen LogP contribution >= 0.6 is 0 Å². The molecule has 0 bridgehead atoms. The number of hydrogen-bond acceptors (Lipinski definition) is 8. The maximum absolute atomic E-state index is 12.7. The van der Waals surface area contributed by atoms with E-state index in [1.54, 1.807) is 18.5 Å². The largest absolute Gasteiger partial charge is 0.504 e.